The molecule has 2 fully saturated rings. The Bertz CT molecular complexity index is 420. The minimum Gasteiger partial charge on any atom is -0.495 e. The average Bonchev–Trinajstić information content (AvgIpc) is 2.63. The van der Waals surface area contributed by atoms with Crippen LogP contribution in [0.5, 0.6) is 5.75 Å². The zero-order chi connectivity index (χ0) is 13.1. The molecule has 2 heterocycles. The molecule has 0 unspecified atom stereocenters. The second-order valence-electron chi connectivity index (χ2n) is 5.36. The smallest absolute Gasteiger partial charge is 0.142 e. The molecule has 0 amide bonds. The van der Waals surface area contributed by atoms with Gasteiger partial charge >= 0.3 is 0 Å². The fraction of sp³-hybridized carbons (Fsp3) is 0.600. The third kappa shape index (κ3) is 2.69. The highest BCUT2D eigenvalue weighted by Crippen LogP contribution is 2.28. The third-order valence-electron chi connectivity index (χ3n) is 4.23. The van der Waals surface area contributed by atoms with Gasteiger partial charge in [0.25, 0.3) is 0 Å². The standard InChI is InChI=1S/C15H23N3O/c1-19-15-6-3-2-5-14(15)18-8-4-7-17(9-10-18)13-11-16-12-13/h2-3,5-6,13,16H,4,7-12H2,1H3. The van der Waals surface area contributed by atoms with Crippen molar-refractivity contribution in [1.29, 1.82) is 0 Å². The van der Waals surface area contributed by atoms with Crippen molar-refractivity contribution in [2.45, 2.75) is 12.5 Å². The summed E-state index contributed by atoms with van der Waals surface area (Å²) in [5, 5.41) is 3.36. The highest BCUT2D eigenvalue weighted by atomic mass is 16.5. The van der Waals surface area contributed by atoms with Gasteiger partial charge in [0.2, 0.25) is 0 Å². The molecule has 19 heavy (non-hydrogen) atoms. The van der Waals surface area contributed by atoms with Crippen molar-refractivity contribution in [2.24, 2.45) is 0 Å². The first-order valence-electron chi connectivity index (χ1n) is 7.21. The van der Waals surface area contributed by atoms with Crippen LogP contribution in [-0.2, 0) is 0 Å². The molecule has 4 heteroatoms. The molecule has 0 aliphatic carbocycles. The number of nitrogens with one attached hydrogen (secondary N) is 1. The summed E-state index contributed by atoms with van der Waals surface area (Å²) in [4.78, 5) is 5.09. The van der Waals surface area contributed by atoms with Gasteiger partial charge < -0.3 is 15.0 Å². The van der Waals surface area contributed by atoms with Gasteiger partial charge in [0, 0.05) is 45.3 Å². The van der Waals surface area contributed by atoms with Gasteiger partial charge in [-0.3, -0.25) is 4.90 Å². The molecule has 3 rings (SSSR count). The fourth-order valence-electron chi connectivity index (χ4n) is 2.97. The summed E-state index contributed by atoms with van der Waals surface area (Å²) in [6.45, 7) is 6.92. The molecule has 0 radical (unpaired) electrons. The number of hydrogen-bond acceptors (Lipinski definition) is 4. The SMILES string of the molecule is COc1ccccc1N1CCCN(C2CNC2)CC1. The summed E-state index contributed by atoms with van der Waals surface area (Å²) in [6, 6.07) is 9.11. The molecule has 0 aromatic heterocycles. The molecule has 104 valence electrons. The van der Waals surface area contributed by atoms with Gasteiger partial charge in [-0.25, -0.2) is 0 Å². The number of ether oxygens (including phenoxy) is 1. The molecule has 2 saturated heterocycles. The van der Waals surface area contributed by atoms with Crippen LogP contribution in [0.2, 0.25) is 0 Å². The Morgan fingerprint density at radius 2 is 1.95 bits per heavy atom. The van der Waals surface area contributed by atoms with E-state index in [-0.39, 0.29) is 0 Å². The lowest BCUT2D eigenvalue weighted by Gasteiger charge is -2.37. The number of nitrogens with zero attached hydrogens (tertiary/aromatic N) is 2. The van der Waals surface area contributed by atoms with E-state index in [4.69, 9.17) is 4.74 Å². The lowest BCUT2D eigenvalue weighted by molar-refractivity contribution is 0.155. The van der Waals surface area contributed by atoms with Crippen molar-refractivity contribution in [3.05, 3.63) is 24.3 Å². The summed E-state index contributed by atoms with van der Waals surface area (Å²) in [5.74, 6) is 0.987. The van der Waals surface area contributed by atoms with E-state index in [1.807, 2.05) is 12.1 Å². The number of benzene rings is 1. The van der Waals surface area contributed by atoms with Gasteiger partial charge in [0.15, 0.2) is 0 Å². The van der Waals surface area contributed by atoms with E-state index in [1.165, 1.54) is 18.7 Å². The highest BCUT2D eigenvalue weighted by Gasteiger charge is 2.26. The van der Waals surface area contributed by atoms with Crippen LogP contribution in [0.3, 0.4) is 0 Å². The van der Waals surface area contributed by atoms with Crippen LogP contribution in [0.4, 0.5) is 5.69 Å². The zero-order valence-electron chi connectivity index (χ0n) is 11.6. The second kappa shape index (κ2) is 5.80. The molecule has 2 aliphatic heterocycles. The van der Waals surface area contributed by atoms with E-state index in [0.29, 0.717) is 0 Å². The minimum atomic E-state index is 0.762. The fourth-order valence-corrected chi connectivity index (χ4v) is 2.97. The highest BCUT2D eigenvalue weighted by molar-refractivity contribution is 5.58. The number of para-hydroxylation sites is 2. The predicted octanol–water partition coefficient (Wildman–Crippen LogP) is 1.18. The Kier molecular flexibility index (Phi) is 3.89. The van der Waals surface area contributed by atoms with Gasteiger partial charge in [-0.2, -0.15) is 0 Å². The van der Waals surface area contributed by atoms with Crippen molar-refractivity contribution in [2.75, 3.05) is 51.3 Å². The summed E-state index contributed by atoms with van der Waals surface area (Å²) in [5.41, 5.74) is 1.23. The Balaban J connectivity index is 1.68. The van der Waals surface area contributed by atoms with Crippen molar-refractivity contribution >= 4 is 5.69 Å². The minimum absolute atomic E-state index is 0.762. The number of rotatable bonds is 3. The molecular formula is C15H23N3O. The van der Waals surface area contributed by atoms with E-state index in [9.17, 15) is 0 Å². The van der Waals surface area contributed by atoms with Gasteiger partial charge in [0.1, 0.15) is 5.75 Å². The molecule has 0 saturated carbocycles. The van der Waals surface area contributed by atoms with Crippen LogP contribution < -0.4 is 15.0 Å². The molecule has 2 aliphatic rings. The van der Waals surface area contributed by atoms with Crippen LogP contribution in [0, 0.1) is 0 Å². The van der Waals surface area contributed by atoms with Crippen molar-refractivity contribution in [1.82, 2.24) is 10.2 Å². The first kappa shape index (κ1) is 12.8. The Hall–Kier alpha value is -1.26. The number of anilines is 1. The van der Waals surface area contributed by atoms with Gasteiger partial charge in [-0.05, 0) is 18.6 Å². The van der Waals surface area contributed by atoms with Crippen LogP contribution in [0.25, 0.3) is 0 Å². The molecule has 4 nitrogen and oxygen atoms in total. The Labute approximate surface area is 115 Å². The summed E-state index contributed by atoms with van der Waals surface area (Å²) in [7, 11) is 1.75. The molecule has 0 atom stereocenters. The second-order valence-corrected chi connectivity index (χ2v) is 5.36. The predicted molar refractivity (Wildman–Crippen MR) is 78.1 cm³/mol. The van der Waals surface area contributed by atoms with Crippen molar-refractivity contribution in [3.63, 3.8) is 0 Å². The first-order valence-corrected chi connectivity index (χ1v) is 7.21. The van der Waals surface area contributed by atoms with E-state index in [1.54, 1.807) is 7.11 Å². The van der Waals surface area contributed by atoms with Crippen LogP contribution in [0.15, 0.2) is 24.3 Å². The van der Waals surface area contributed by atoms with Gasteiger partial charge in [-0.1, -0.05) is 12.1 Å². The first-order chi connectivity index (χ1) is 9.38. The summed E-state index contributed by atoms with van der Waals surface area (Å²) >= 11 is 0. The van der Waals surface area contributed by atoms with Crippen LogP contribution >= 0.6 is 0 Å². The van der Waals surface area contributed by atoms with Crippen LogP contribution in [0.1, 0.15) is 6.42 Å². The maximum atomic E-state index is 5.48. The van der Waals surface area contributed by atoms with E-state index >= 15 is 0 Å². The van der Waals surface area contributed by atoms with Gasteiger partial charge in [0.05, 0.1) is 12.8 Å². The average molecular weight is 261 g/mol. The van der Waals surface area contributed by atoms with E-state index in [2.05, 4.69) is 27.2 Å². The summed E-state index contributed by atoms with van der Waals surface area (Å²) in [6.07, 6.45) is 1.23. The zero-order valence-corrected chi connectivity index (χ0v) is 11.6. The lowest BCUT2D eigenvalue weighted by Crippen LogP contribution is -2.57. The third-order valence-corrected chi connectivity index (χ3v) is 4.23. The Morgan fingerprint density at radius 3 is 2.68 bits per heavy atom. The van der Waals surface area contributed by atoms with Crippen LogP contribution in [-0.4, -0.2) is 57.3 Å². The quantitative estimate of drug-likeness (QED) is 0.884. The number of hydrogen-bond donors (Lipinski definition) is 1. The molecule has 1 aromatic carbocycles. The molecule has 0 bridgehead atoms. The molecule has 1 N–H and O–H groups in total. The number of methoxy groups -OCH3 is 1. The van der Waals surface area contributed by atoms with Crippen molar-refractivity contribution < 1.29 is 4.74 Å². The normalized spacial score (nSPS) is 21.8. The van der Waals surface area contributed by atoms with Gasteiger partial charge in [-0.15, -0.1) is 0 Å². The van der Waals surface area contributed by atoms with E-state index in [0.717, 1.165) is 44.5 Å². The molecule has 0 spiro atoms. The maximum Gasteiger partial charge on any atom is 0.142 e. The molecule has 1 aromatic rings. The molecular weight excluding hydrogens is 238 g/mol. The monoisotopic (exact) mass is 261 g/mol. The lowest BCUT2D eigenvalue weighted by atomic mass is 10.1. The Morgan fingerprint density at radius 1 is 1.11 bits per heavy atom. The van der Waals surface area contributed by atoms with E-state index < -0.39 is 0 Å². The van der Waals surface area contributed by atoms with Crippen molar-refractivity contribution in [3.8, 4) is 5.75 Å². The summed E-state index contributed by atoms with van der Waals surface area (Å²) < 4.78 is 5.48. The maximum absolute atomic E-state index is 5.48. The largest absolute Gasteiger partial charge is 0.495 e. The topological polar surface area (TPSA) is 27.7 Å².